The fourth-order valence-corrected chi connectivity index (χ4v) is 1.90. The first kappa shape index (κ1) is 12.2. The number of hydrogen-bond donors (Lipinski definition) is 2. The molecule has 0 radical (unpaired) electrons. The minimum Gasteiger partial charge on any atom is -0.326 e. The van der Waals surface area contributed by atoms with Gasteiger partial charge in [-0.2, -0.15) is 0 Å². The second-order valence-corrected chi connectivity index (χ2v) is 3.95. The molecule has 0 amide bonds. The lowest BCUT2D eigenvalue weighted by Gasteiger charge is -2.15. The van der Waals surface area contributed by atoms with Crippen molar-refractivity contribution in [1.29, 1.82) is 0 Å². The molecule has 0 bridgehead atoms. The molecule has 0 aliphatic heterocycles. The molecule has 0 fully saturated rings. The summed E-state index contributed by atoms with van der Waals surface area (Å²) >= 11 is 0. The number of nitrogens with one attached hydrogen (secondary N) is 1. The van der Waals surface area contributed by atoms with Gasteiger partial charge in [0.05, 0.1) is 0 Å². The normalized spacial score (nSPS) is 12.7. The zero-order valence-corrected chi connectivity index (χ0v) is 9.79. The third-order valence-electron chi connectivity index (χ3n) is 2.89. The number of rotatable bonds is 6. The van der Waals surface area contributed by atoms with E-state index in [0.717, 1.165) is 6.54 Å². The van der Waals surface area contributed by atoms with Crippen LogP contribution in [0.1, 0.15) is 36.8 Å². The molecule has 1 aromatic carbocycles. The van der Waals surface area contributed by atoms with Crippen molar-refractivity contribution in [3.05, 3.63) is 35.4 Å². The van der Waals surface area contributed by atoms with Crippen LogP contribution in [0, 0.1) is 0 Å². The zero-order valence-electron chi connectivity index (χ0n) is 9.79. The Labute approximate surface area is 92.9 Å². The first-order chi connectivity index (χ1) is 7.31. The topological polar surface area (TPSA) is 38.0 Å². The Morgan fingerprint density at radius 1 is 1.40 bits per heavy atom. The maximum absolute atomic E-state index is 5.65. The molecule has 0 aliphatic rings. The van der Waals surface area contributed by atoms with Crippen molar-refractivity contribution in [3.63, 3.8) is 0 Å². The van der Waals surface area contributed by atoms with Crippen LogP contribution in [0.2, 0.25) is 0 Å². The molecule has 2 heteroatoms. The van der Waals surface area contributed by atoms with Gasteiger partial charge in [0.2, 0.25) is 0 Å². The van der Waals surface area contributed by atoms with E-state index in [1.165, 1.54) is 24.0 Å². The predicted octanol–water partition coefficient (Wildman–Crippen LogP) is 2.25. The Hall–Kier alpha value is -0.860. The van der Waals surface area contributed by atoms with Gasteiger partial charge in [-0.3, -0.25) is 0 Å². The summed E-state index contributed by atoms with van der Waals surface area (Å²) < 4.78 is 0. The minimum absolute atomic E-state index is 0.635. The summed E-state index contributed by atoms with van der Waals surface area (Å²) in [5.41, 5.74) is 8.31. The quantitative estimate of drug-likeness (QED) is 0.749. The maximum Gasteiger partial charge on any atom is 0.0178 e. The summed E-state index contributed by atoms with van der Waals surface area (Å²) in [6.45, 7) is 3.96. The van der Waals surface area contributed by atoms with Crippen LogP contribution in [-0.4, -0.2) is 13.6 Å². The molecule has 0 saturated carbocycles. The summed E-state index contributed by atoms with van der Waals surface area (Å²) in [6, 6.07) is 8.65. The van der Waals surface area contributed by atoms with E-state index in [0.29, 0.717) is 12.5 Å². The highest BCUT2D eigenvalue weighted by Crippen LogP contribution is 2.23. The van der Waals surface area contributed by atoms with E-state index >= 15 is 0 Å². The largest absolute Gasteiger partial charge is 0.326 e. The fraction of sp³-hybridized carbons (Fsp3) is 0.538. The summed E-state index contributed by atoms with van der Waals surface area (Å²) in [5.74, 6) is 0.656. The minimum atomic E-state index is 0.635. The average molecular weight is 206 g/mol. The molecule has 1 aromatic rings. The lowest BCUT2D eigenvalue weighted by molar-refractivity contribution is 0.580. The van der Waals surface area contributed by atoms with Crippen LogP contribution >= 0.6 is 0 Å². The van der Waals surface area contributed by atoms with E-state index in [1.54, 1.807) is 0 Å². The van der Waals surface area contributed by atoms with Crippen LogP contribution in [0.15, 0.2) is 24.3 Å². The first-order valence-electron chi connectivity index (χ1n) is 5.75. The van der Waals surface area contributed by atoms with Crippen molar-refractivity contribution >= 4 is 0 Å². The molecule has 1 rings (SSSR count). The number of hydrogen-bond acceptors (Lipinski definition) is 2. The van der Waals surface area contributed by atoms with E-state index in [9.17, 15) is 0 Å². The molecule has 1 unspecified atom stereocenters. The van der Waals surface area contributed by atoms with Crippen molar-refractivity contribution in [2.45, 2.75) is 32.2 Å². The van der Waals surface area contributed by atoms with E-state index in [-0.39, 0.29) is 0 Å². The van der Waals surface area contributed by atoms with Gasteiger partial charge in [-0.05, 0) is 43.5 Å². The first-order valence-corrected chi connectivity index (χ1v) is 5.75. The van der Waals surface area contributed by atoms with Crippen LogP contribution in [0.25, 0.3) is 0 Å². The zero-order chi connectivity index (χ0) is 11.1. The van der Waals surface area contributed by atoms with E-state index < -0.39 is 0 Å². The van der Waals surface area contributed by atoms with Crippen molar-refractivity contribution in [3.8, 4) is 0 Å². The highest BCUT2D eigenvalue weighted by Gasteiger charge is 2.08. The molecule has 0 aliphatic carbocycles. The van der Waals surface area contributed by atoms with Gasteiger partial charge in [0, 0.05) is 6.54 Å². The van der Waals surface area contributed by atoms with E-state index in [1.807, 2.05) is 7.05 Å². The highest BCUT2D eigenvalue weighted by molar-refractivity contribution is 5.26. The molecule has 0 saturated heterocycles. The Morgan fingerprint density at radius 3 is 2.80 bits per heavy atom. The molecule has 84 valence electrons. The molecule has 2 nitrogen and oxygen atoms in total. The van der Waals surface area contributed by atoms with Crippen molar-refractivity contribution < 1.29 is 0 Å². The molecular formula is C13H22N2. The summed E-state index contributed by atoms with van der Waals surface area (Å²) in [7, 11) is 2.00. The SMILES string of the molecule is CCC(CCNC)c1cccc(CN)c1. The summed E-state index contributed by atoms with van der Waals surface area (Å²) in [5, 5.41) is 3.21. The van der Waals surface area contributed by atoms with Crippen LogP contribution in [0.5, 0.6) is 0 Å². The lowest BCUT2D eigenvalue weighted by Crippen LogP contribution is -2.12. The monoisotopic (exact) mass is 206 g/mol. The van der Waals surface area contributed by atoms with Gasteiger partial charge in [-0.25, -0.2) is 0 Å². The van der Waals surface area contributed by atoms with Crippen LogP contribution in [-0.2, 0) is 6.54 Å². The molecule has 1 atom stereocenters. The molecule has 0 heterocycles. The Balaban J connectivity index is 2.72. The van der Waals surface area contributed by atoms with Gasteiger partial charge in [-0.1, -0.05) is 31.2 Å². The maximum atomic E-state index is 5.65. The summed E-state index contributed by atoms with van der Waals surface area (Å²) in [4.78, 5) is 0. The molecular weight excluding hydrogens is 184 g/mol. The third-order valence-corrected chi connectivity index (χ3v) is 2.89. The van der Waals surface area contributed by atoms with Gasteiger partial charge in [0.1, 0.15) is 0 Å². The van der Waals surface area contributed by atoms with Gasteiger partial charge in [0.25, 0.3) is 0 Å². The standard InChI is InChI=1S/C13H22N2/c1-3-12(7-8-15-2)13-6-4-5-11(9-13)10-14/h4-6,9,12,15H,3,7-8,10,14H2,1-2H3. The Bertz CT molecular complexity index is 284. The third kappa shape index (κ3) is 3.65. The smallest absolute Gasteiger partial charge is 0.0178 e. The second kappa shape index (κ2) is 6.59. The van der Waals surface area contributed by atoms with Crippen LogP contribution < -0.4 is 11.1 Å². The van der Waals surface area contributed by atoms with Crippen LogP contribution in [0.3, 0.4) is 0 Å². The van der Waals surface area contributed by atoms with Crippen molar-refractivity contribution in [2.75, 3.05) is 13.6 Å². The predicted molar refractivity (Wildman–Crippen MR) is 65.9 cm³/mol. The summed E-state index contributed by atoms with van der Waals surface area (Å²) in [6.07, 6.45) is 2.39. The highest BCUT2D eigenvalue weighted by atomic mass is 14.8. The van der Waals surface area contributed by atoms with Gasteiger partial charge in [-0.15, -0.1) is 0 Å². The fourth-order valence-electron chi connectivity index (χ4n) is 1.90. The molecule has 0 spiro atoms. The van der Waals surface area contributed by atoms with E-state index in [2.05, 4.69) is 36.5 Å². The second-order valence-electron chi connectivity index (χ2n) is 3.95. The average Bonchev–Trinajstić information content (AvgIpc) is 2.30. The molecule has 3 N–H and O–H groups in total. The Morgan fingerprint density at radius 2 is 2.20 bits per heavy atom. The van der Waals surface area contributed by atoms with Crippen molar-refractivity contribution in [1.82, 2.24) is 5.32 Å². The van der Waals surface area contributed by atoms with Gasteiger partial charge >= 0.3 is 0 Å². The lowest BCUT2D eigenvalue weighted by atomic mass is 9.92. The Kier molecular flexibility index (Phi) is 5.37. The number of benzene rings is 1. The van der Waals surface area contributed by atoms with Gasteiger partial charge in [0.15, 0.2) is 0 Å². The molecule has 15 heavy (non-hydrogen) atoms. The van der Waals surface area contributed by atoms with Crippen LogP contribution in [0.4, 0.5) is 0 Å². The van der Waals surface area contributed by atoms with E-state index in [4.69, 9.17) is 5.73 Å². The van der Waals surface area contributed by atoms with Gasteiger partial charge < -0.3 is 11.1 Å². The number of nitrogens with two attached hydrogens (primary N) is 1. The molecule has 0 aromatic heterocycles. The van der Waals surface area contributed by atoms with Crippen molar-refractivity contribution in [2.24, 2.45) is 5.73 Å².